The van der Waals surface area contributed by atoms with Gasteiger partial charge in [-0.05, 0) is 44.6 Å². The average molecular weight is 294 g/mol. The lowest BCUT2D eigenvalue weighted by Crippen LogP contribution is -2.42. The number of methoxy groups -OCH3 is 1. The summed E-state index contributed by atoms with van der Waals surface area (Å²) in [6, 6.07) is 4.68. The van der Waals surface area contributed by atoms with E-state index >= 15 is 0 Å². The van der Waals surface area contributed by atoms with Crippen molar-refractivity contribution in [2.45, 2.75) is 26.3 Å². The lowest BCUT2D eigenvalue weighted by atomic mass is 10.0. The van der Waals surface area contributed by atoms with Crippen molar-refractivity contribution in [2.24, 2.45) is 5.92 Å². The number of hydrogen-bond acceptors (Lipinski definition) is 4. The van der Waals surface area contributed by atoms with Gasteiger partial charge in [0, 0.05) is 12.6 Å². The van der Waals surface area contributed by atoms with Crippen LogP contribution in [0.15, 0.2) is 18.2 Å². The van der Waals surface area contributed by atoms with Gasteiger partial charge in [-0.3, -0.25) is 4.79 Å². The summed E-state index contributed by atoms with van der Waals surface area (Å²) >= 11 is 0. The molecule has 1 aromatic carbocycles. The zero-order valence-electron chi connectivity index (χ0n) is 13.5. The topological polar surface area (TPSA) is 61.8 Å². The van der Waals surface area contributed by atoms with Gasteiger partial charge < -0.3 is 20.1 Å². The summed E-state index contributed by atoms with van der Waals surface area (Å²) in [6.45, 7) is 5.00. The van der Waals surface area contributed by atoms with Gasteiger partial charge in [-0.15, -0.1) is 0 Å². The van der Waals surface area contributed by atoms with Crippen LogP contribution in [0.25, 0.3) is 0 Å². The Kier molecular flexibility index (Phi) is 6.49. The fraction of sp³-hybridized carbons (Fsp3) is 0.562. The lowest BCUT2D eigenvalue weighted by Gasteiger charge is -2.24. The highest BCUT2D eigenvalue weighted by atomic mass is 16.5. The molecule has 5 nitrogen and oxygen atoms in total. The van der Waals surface area contributed by atoms with E-state index in [1.165, 1.54) is 13.2 Å². The summed E-state index contributed by atoms with van der Waals surface area (Å²) in [5.74, 6) is 0.709. The highest BCUT2D eigenvalue weighted by Crippen LogP contribution is 2.23. The predicted octanol–water partition coefficient (Wildman–Crippen LogP) is 2.11. The molecule has 0 heterocycles. The smallest absolute Gasteiger partial charge is 0.255 e. The highest BCUT2D eigenvalue weighted by molar-refractivity contribution is 5.97. The van der Waals surface area contributed by atoms with E-state index in [-0.39, 0.29) is 23.3 Å². The van der Waals surface area contributed by atoms with Crippen molar-refractivity contribution in [3.63, 3.8) is 0 Å². The molecule has 5 heteroatoms. The van der Waals surface area contributed by atoms with E-state index in [4.69, 9.17) is 4.74 Å². The number of amides is 1. The number of benzene rings is 1. The molecule has 0 bridgehead atoms. The minimum Gasteiger partial charge on any atom is -0.507 e. The number of carbonyl (C=O) groups is 1. The van der Waals surface area contributed by atoms with Gasteiger partial charge >= 0.3 is 0 Å². The number of nitrogens with one attached hydrogen (secondary N) is 1. The number of nitrogens with zero attached hydrogens (tertiary/aromatic N) is 1. The Balaban J connectivity index is 2.85. The molecule has 1 amide bonds. The molecule has 0 aliphatic rings. The van der Waals surface area contributed by atoms with E-state index in [0.717, 1.165) is 13.0 Å². The van der Waals surface area contributed by atoms with E-state index < -0.39 is 0 Å². The molecule has 0 aromatic heterocycles. The van der Waals surface area contributed by atoms with Crippen LogP contribution in [0.4, 0.5) is 0 Å². The fourth-order valence-corrected chi connectivity index (χ4v) is 2.28. The molecule has 118 valence electrons. The van der Waals surface area contributed by atoms with Gasteiger partial charge in [-0.1, -0.05) is 13.8 Å². The van der Waals surface area contributed by atoms with E-state index in [9.17, 15) is 9.90 Å². The molecule has 0 saturated heterocycles. The lowest BCUT2D eigenvalue weighted by molar-refractivity contribution is 0.0921. The molecule has 1 aromatic rings. The van der Waals surface area contributed by atoms with E-state index in [1.807, 2.05) is 19.0 Å². The van der Waals surface area contributed by atoms with Crippen molar-refractivity contribution >= 4 is 5.91 Å². The molecule has 2 N–H and O–H groups in total. The predicted molar refractivity (Wildman–Crippen MR) is 83.9 cm³/mol. The number of carbonyl (C=O) groups excluding carboxylic acids is 1. The molecule has 0 aliphatic carbocycles. The largest absolute Gasteiger partial charge is 0.507 e. The van der Waals surface area contributed by atoms with Crippen LogP contribution in [-0.4, -0.2) is 49.7 Å². The third-order valence-corrected chi connectivity index (χ3v) is 3.13. The van der Waals surface area contributed by atoms with Gasteiger partial charge in [0.1, 0.15) is 11.5 Å². The molecule has 0 saturated carbocycles. The van der Waals surface area contributed by atoms with E-state index in [1.54, 1.807) is 12.1 Å². The molecule has 0 radical (unpaired) electrons. The molecule has 0 spiro atoms. The first-order valence-corrected chi connectivity index (χ1v) is 7.16. The van der Waals surface area contributed by atoms with Gasteiger partial charge in [0.2, 0.25) is 0 Å². The highest BCUT2D eigenvalue weighted by Gasteiger charge is 2.18. The van der Waals surface area contributed by atoms with Crippen LogP contribution >= 0.6 is 0 Å². The van der Waals surface area contributed by atoms with Gasteiger partial charge in [0.25, 0.3) is 5.91 Å². The SMILES string of the molecule is COc1ccc(O)c(C(=O)NC(CC(C)C)CN(C)C)c1. The second-order valence-electron chi connectivity index (χ2n) is 5.95. The monoisotopic (exact) mass is 294 g/mol. The summed E-state index contributed by atoms with van der Waals surface area (Å²) in [6.07, 6.45) is 0.884. The van der Waals surface area contributed by atoms with Crippen molar-refractivity contribution in [1.29, 1.82) is 0 Å². The van der Waals surface area contributed by atoms with Gasteiger partial charge in [-0.2, -0.15) is 0 Å². The van der Waals surface area contributed by atoms with Crippen molar-refractivity contribution < 1.29 is 14.6 Å². The molecule has 21 heavy (non-hydrogen) atoms. The van der Waals surface area contributed by atoms with Crippen molar-refractivity contribution in [3.05, 3.63) is 23.8 Å². The number of hydrogen-bond donors (Lipinski definition) is 2. The van der Waals surface area contributed by atoms with Crippen LogP contribution in [-0.2, 0) is 0 Å². The van der Waals surface area contributed by atoms with E-state index in [2.05, 4.69) is 19.2 Å². The quantitative estimate of drug-likeness (QED) is 0.808. The molecule has 0 fully saturated rings. The third-order valence-electron chi connectivity index (χ3n) is 3.13. The number of ether oxygens (including phenoxy) is 1. The maximum absolute atomic E-state index is 12.4. The summed E-state index contributed by atoms with van der Waals surface area (Å²) in [7, 11) is 5.48. The third kappa shape index (κ3) is 5.63. The number of phenols is 1. The zero-order valence-corrected chi connectivity index (χ0v) is 13.5. The van der Waals surface area contributed by atoms with Crippen LogP contribution in [0.5, 0.6) is 11.5 Å². The summed E-state index contributed by atoms with van der Waals surface area (Å²) < 4.78 is 5.09. The Morgan fingerprint density at radius 3 is 2.57 bits per heavy atom. The first-order chi connectivity index (χ1) is 9.83. The molecule has 0 aliphatic heterocycles. The zero-order chi connectivity index (χ0) is 16.0. The number of phenolic OH excluding ortho intramolecular Hbond substituents is 1. The summed E-state index contributed by atoms with van der Waals surface area (Å²) in [4.78, 5) is 14.4. The number of rotatable bonds is 7. The molecule has 1 rings (SSSR count). The van der Waals surface area contributed by atoms with Gasteiger partial charge in [-0.25, -0.2) is 0 Å². The van der Waals surface area contributed by atoms with Crippen LogP contribution in [0.1, 0.15) is 30.6 Å². The Hall–Kier alpha value is -1.75. The van der Waals surface area contributed by atoms with Crippen LogP contribution in [0, 0.1) is 5.92 Å². The Bertz CT molecular complexity index is 463. The minimum atomic E-state index is -0.279. The van der Waals surface area contributed by atoms with Crippen molar-refractivity contribution in [2.75, 3.05) is 27.7 Å². The standard InChI is InChI=1S/C16H26N2O3/c1-11(2)8-12(10-18(3)4)17-16(20)14-9-13(21-5)6-7-15(14)19/h6-7,9,11-12,19H,8,10H2,1-5H3,(H,17,20). The maximum atomic E-state index is 12.4. The normalized spacial score (nSPS) is 12.5. The van der Waals surface area contributed by atoms with E-state index in [0.29, 0.717) is 11.7 Å². The molecular formula is C16H26N2O3. The Labute approximate surface area is 126 Å². The Morgan fingerprint density at radius 1 is 1.38 bits per heavy atom. The van der Waals surface area contributed by atoms with Gasteiger partial charge in [0.15, 0.2) is 0 Å². The fourth-order valence-electron chi connectivity index (χ4n) is 2.28. The second kappa shape index (κ2) is 7.88. The number of aromatic hydroxyl groups is 1. The first-order valence-electron chi connectivity index (χ1n) is 7.16. The number of likely N-dealkylation sites (N-methyl/N-ethyl adjacent to an activating group) is 1. The minimum absolute atomic E-state index is 0.0399. The molecular weight excluding hydrogens is 268 g/mol. The maximum Gasteiger partial charge on any atom is 0.255 e. The van der Waals surface area contributed by atoms with Crippen LogP contribution in [0.3, 0.4) is 0 Å². The van der Waals surface area contributed by atoms with Crippen LogP contribution < -0.4 is 10.1 Å². The van der Waals surface area contributed by atoms with Crippen LogP contribution in [0.2, 0.25) is 0 Å². The van der Waals surface area contributed by atoms with Crippen molar-refractivity contribution in [1.82, 2.24) is 10.2 Å². The molecule has 1 unspecified atom stereocenters. The van der Waals surface area contributed by atoms with Gasteiger partial charge in [0.05, 0.1) is 12.7 Å². The summed E-state index contributed by atoms with van der Waals surface area (Å²) in [5, 5.41) is 12.8. The average Bonchev–Trinajstić information content (AvgIpc) is 2.37. The Morgan fingerprint density at radius 2 is 2.05 bits per heavy atom. The summed E-state index contributed by atoms with van der Waals surface area (Å²) in [5.41, 5.74) is 0.238. The second-order valence-corrected chi connectivity index (χ2v) is 5.95. The molecule has 1 atom stereocenters. The van der Waals surface area contributed by atoms with Crippen molar-refractivity contribution in [3.8, 4) is 11.5 Å². The first kappa shape index (κ1) is 17.3.